The first-order valence-corrected chi connectivity index (χ1v) is 9.21. The second-order valence-electron chi connectivity index (χ2n) is 7.12. The fourth-order valence-corrected chi connectivity index (χ4v) is 3.20. The quantitative estimate of drug-likeness (QED) is 0.717. The molecule has 0 aromatic carbocycles. The number of pyridine rings is 2. The number of nitrogens with one attached hydrogen (secondary N) is 2. The summed E-state index contributed by atoms with van der Waals surface area (Å²) in [4.78, 5) is 19.1. The lowest BCUT2D eigenvalue weighted by Gasteiger charge is -2.30. The smallest absolute Gasteiger partial charge is 0.154 e. The number of rotatable bonds is 7. The van der Waals surface area contributed by atoms with E-state index in [-0.39, 0.29) is 6.54 Å². The van der Waals surface area contributed by atoms with Crippen LogP contribution in [0.3, 0.4) is 0 Å². The molecule has 0 radical (unpaired) electrons. The van der Waals surface area contributed by atoms with E-state index in [1.807, 2.05) is 31.1 Å². The lowest BCUT2D eigenvalue weighted by atomic mass is 9.96. The summed E-state index contributed by atoms with van der Waals surface area (Å²) in [5.41, 5.74) is 1.15. The Balaban J connectivity index is 1.92. The summed E-state index contributed by atoms with van der Waals surface area (Å²) < 4.78 is 15.0. The Morgan fingerprint density at radius 3 is 2.71 bits per heavy atom. The lowest BCUT2D eigenvalue weighted by molar-refractivity contribution is 0.137. The molecule has 2 aromatic heterocycles. The van der Waals surface area contributed by atoms with Gasteiger partial charge in [0.2, 0.25) is 0 Å². The van der Waals surface area contributed by atoms with Crippen molar-refractivity contribution in [3.8, 4) is 11.3 Å². The first-order valence-electron chi connectivity index (χ1n) is 9.21. The summed E-state index contributed by atoms with van der Waals surface area (Å²) in [6.07, 6.45) is 3.06. The van der Waals surface area contributed by atoms with Crippen molar-refractivity contribution in [2.24, 2.45) is 9.98 Å². The molecule has 1 aliphatic heterocycles. The molecule has 8 heteroatoms. The third kappa shape index (κ3) is 4.33. The zero-order valence-electron chi connectivity index (χ0n) is 16.4. The topological polar surface area (TPSA) is 77.8 Å². The van der Waals surface area contributed by atoms with E-state index in [2.05, 4.69) is 44.0 Å². The number of aliphatic imine (C=N–C) groups is 2. The summed E-state index contributed by atoms with van der Waals surface area (Å²) in [6.45, 7) is 8.52. The van der Waals surface area contributed by atoms with Crippen molar-refractivity contribution in [3.05, 3.63) is 24.4 Å². The van der Waals surface area contributed by atoms with Crippen molar-refractivity contribution < 1.29 is 4.39 Å². The molecule has 0 bridgehead atoms. The molecular weight excluding hydrogens is 357 g/mol. The lowest BCUT2D eigenvalue weighted by Crippen LogP contribution is -2.46. The third-order valence-corrected chi connectivity index (χ3v) is 4.80. The molecular formula is C20H26FN7. The number of halogens is 1. The Hall–Kier alpha value is -2.87. The van der Waals surface area contributed by atoms with Gasteiger partial charge >= 0.3 is 0 Å². The highest BCUT2D eigenvalue weighted by atomic mass is 19.1. The first kappa shape index (κ1) is 19.9. The number of aromatic nitrogens is 2. The van der Waals surface area contributed by atoms with E-state index in [4.69, 9.17) is 0 Å². The van der Waals surface area contributed by atoms with E-state index in [1.165, 1.54) is 0 Å². The van der Waals surface area contributed by atoms with Crippen LogP contribution < -0.4 is 15.5 Å². The van der Waals surface area contributed by atoms with E-state index < -0.39 is 5.67 Å². The molecule has 28 heavy (non-hydrogen) atoms. The molecule has 1 saturated heterocycles. The van der Waals surface area contributed by atoms with Crippen molar-refractivity contribution in [1.82, 2.24) is 15.3 Å². The zero-order chi connectivity index (χ0) is 20.1. The van der Waals surface area contributed by atoms with Gasteiger partial charge < -0.3 is 15.5 Å². The van der Waals surface area contributed by atoms with Crippen LogP contribution in [0.15, 0.2) is 34.4 Å². The van der Waals surface area contributed by atoms with E-state index in [0.717, 1.165) is 24.3 Å². The molecule has 2 aromatic rings. The van der Waals surface area contributed by atoms with Gasteiger partial charge in [-0.05, 0) is 51.0 Å². The molecule has 1 aliphatic rings. The van der Waals surface area contributed by atoms with Crippen molar-refractivity contribution in [3.63, 3.8) is 0 Å². The largest absolute Gasteiger partial charge is 0.365 e. The summed E-state index contributed by atoms with van der Waals surface area (Å²) >= 11 is 0. The van der Waals surface area contributed by atoms with Gasteiger partial charge in [0.05, 0.1) is 17.9 Å². The average Bonchev–Trinajstić information content (AvgIpc) is 2.72. The predicted octanol–water partition coefficient (Wildman–Crippen LogP) is 3.38. The molecule has 1 unspecified atom stereocenters. The van der Waals surface area contributed by atoms with Crippen LogP contribution in [0.1, 0.15) is 12.8 Å². The Labute approximate surface area is 164 Å². The van der Waals surface area contributed by atoms with Gasteiger partial charge in [0.15, 0.2) is 5.82 Å². The van der Waals surface area contributed by atoms with Crippen LogP contribution in [0.2, 0.25) is 0 Å². The van der Waals surface area contributed by atoms with Gasteiger partial charge in [0, 0.05) is 32.4 Å². The van der Waals surface area contributed by atoms with E-state index in [1.54, 1.807) is 12.3 Å². The minimum absolute atomic E-state index is 0.132. The maximum Gasteiger partial charge on any atom is 0.154 e. The van der Waals surface area contributed by atoms with E-state index in [0.29, 0.717) is 35.9 Å². The molecule has 7 nitrogen and oxygen atoms in total. The Morgan fingerprint density at radius 1 is 1.32 bits per heavy atom. The predicted molar refractivity (Wildman–Crippen MR) is 115 cm³/mol. The highest BCUT2D eigenvalue weighted by molar-refractivity contribution is 5.82. The van der Waals surface area contributed by atoms with Crippen LogP contribution in [0.4, 0.5) is 27.4 Å². The normalized spacial score (nSPS) is 19.1. The first-order chi connectivity index (χ1) is 13.5. The number of nitrogens with zero attached hydrogens (tertiary/aromatic N) is 5. The van der Waals surface area contributed by atoms with Crippen LogP contribution in [0, 0.1) is 0 Å². The Morgan fingerprint density at radius 2 is 2.14 bits per heavy atom. The van der Waals surface area contributed by atoms with Gasteiger partial charge in [-0.2, -0.15) is 0 Å². The van der Waals surface area contributed by atoms with Gasteiger partial charge in [-0.25, -0.2) is 14.4 Å². The van der Waals surface area contributed by atoms with Gasteiger partial charge in [-0.3, -0.25) is 9.98 Å². The summed E-state index contributed by atoms with van der Waals surface area (Å²) in [5, 5.41) is 6.22. The summed E-state index contributed by atoms with van der Waals surface area (Å²) in [6, 6.07) is 5.63. The molecule has 0 amide bonds. The summed E-state index contributed by atoms with van der Waals surface area (Å²) in [5.74, 6) is 1.28. The van der Waals surface area contributed by atoms with Gasteiger partial charge in [0.1, 0.15) is 17.2 Å². The van der Waals surface area contributed by atoms with Crippen molar-refractivity contribution >= 4 is 36.4 Å². The second kappa shape index (κ2) is 8.43. The van der Waals surface area contributed by atoms with E-state index in [9.17, 15) is 4.39 Å². The van der Waals surface area contributed by atoms with Crippen LogP contribution in [0.25, 0.3) is 11.3 Å². The molecule has 3 rings (SSSR count). The van der Waals surface area contributed by atoms with Gasteiger partial charge in [-0.15, -0.1) is 0 Å². The number of anilines is 2. The van der Waals surface area contributed by atoms with Crippen LogP contribution in [-0.4, -0.2) is 62.8 Å². The fraction of sp³-hybridized carbons (Fsp3) is 0.400. The van der Waals surface area contributed by atoms with E-state index >= 15 is 0 Å². The van der Waals surface area contributed by atoms with Gasteiger partial charge in [-0.1, -0.05) is 0 Å². The number of alkyl halides is 1. The maximum atomic E-state index is 15.0. The van der Waals surface area contributed by atoms with Crippen LogP contribution >= 0.6 is 0 Å². The van der Waals surface area contributed by atoms with Crippen molar-refractivity contribution in [2.75, 3.05) is 43.9 Å². The SMILES string of the molecule is C=Nc1cc(-c2ccc(N(C)C)nc2)nc(NCC2(F)CCCNC2)c1N=C. The van der Waals surface area contributed by atoms with Gasteiger partial charge in [0.25, 0.3) is 0 Å². The molecule has 0 spiro atoms. The molecule has 148 valence electrons. The monoisotopic (exact) mass is 383 g/mol. The molecule has 1 fully saturated rings. The molecule has 0 aliphatic carbocycles. The Bertz CT molecular complexity index is 842. The zero-order valence-corrected chi connectivity index (χ0v) is 16.4. The highest BCUT2D eigenvalue weighted by Gasteiger charge is 2.32. The van der Waals surface area contributed by atoms with Crippen LogP contribution in [0.5, 0.6) is 0 Å². The standard InChI is InChI=1S/C20H26FN7/c1-22-16-10-15(14-6-7-17(25-11-14)28(3)4)27-19(18(16)23-2)26-13-20(21)8-5-9-24-12-20/h6-7,10-11,24H,1-2,5,8-9,12-13H2,3-4H3,(H,26,27). The highest BCUT2D eigenvalue weighted by Crippen LogP contribution is 2.38. The minimum Gasteiger partial charge on any atom is -0.365 e. The number of hydrogen-bond acceptors (Lipinski definition) is 7. The maximum absolute atomic E-state index is 15.0. The molecule has 3 heterocycles. The van der Waals surface area contributed by atoms with Crippen LogP contribution in [-0.2, 0) is 0 Å². The fourth-order valence-electron chi connectivity index (χ4n) is 3.20. The van der Waals surface area contributed by atoms with Crippen molar-refractivity contribution in [2.45, 2.75) is 18.5 Å². The third-order valence-electron chi connectivity index (χ3n) is 4.80. The number of piperidine rings is 1. The second-order valence-corrected chi connectivity index (χ2v) is 7.12. The van der Waals surface area contributed by atoms with Crippen molar-refractivity contribution in [1.29, 1.82) is 0 Å². The summed E-state index contributed by atoms with van der Waals surface area (Å²) in [7, 11) is 3.86. The Kier molecular flexibility index (Phi) is 5.99. The molecule has 1 atom stereocenters. The average molecular weight is 383 g/mol. The minimum atomic E-state index is -1.33. The molecule has 2 N–H and O–H groups in total. The molecule has 0 saturated carbocycles. The number of hydrogen-bond donors (Lipinski definition) is 2.